The van der Waals surface area contributed by atoms with Crippen molar-refractivity contribution in [3.05, 3.63) is 0 Å². The van der Waals surface area contributed by atoms with Gasteiger partial charge in [0.05, 0.1) is 0 Å². The van der Waals surface area contributed by atoms with Crippen LogP contribution in [-0.4, -0.2) is 37.2 Å². The molecule has 6 nitrogen and oxygen atoms in total. The molecular formula is C56H108O6. The van der Waals surface area contributed by atoms with Crippen molar-refractivity contribution < 1.29 is 28.6 Å². The first-order valence-electron chi connectivity index (χ1n) is 27.8. The molecule has 2 atom stereocenters. The van der Waals surface area contributed by atoms with Gasteiger partial charge in [-0.25, -0.2) is 0 Å². The predicted octanol–water partition coefficient (Wildman–Crippen LogP) is 18.1. The highest BCUT2D eigenvalue weighted by Gasteiger charge is 2.19. The lowest BCUT2D eigenvalue weighted by Gasteiger charge is -2.18. The van der Waals surface area contributed by atoms with E-state index in [0.29, 0.717) is 19.3 Å². The fourth-order valence-corrected chi connectivity index (χ4v) is 8.49. The van der Waals surface area contributed by atoms with Gasteiger partial charge in [0.1, 0.15) is 13.2 Å². The van der Waals surface area contributed by atoms with Crippen molar-refractivity contribution >= 4 is 17.9 Å². The zero-order valence-corrected chi connectivity index (χ0v) is 42.5. The summed E-state index contributed by atoms with van der Waals surface area (Å²) in [6.07, 6.45) is 50.9. The maximum atomic E-state index is 12.8. The molecule has 0 radical (unpaired) electrons. The molecule has 0 spiro atoms. The maximum Gasteiger partial charge on any atom is 0.306 e. The smallest absolute Gasteiger partial charge is 0.306 e. The van der Waals surface area contributed by atoms with E-state index in [1.54, 1.807) is 0 Å². The van der Waals surface area contributed by atoms with Crippen molar-refractivity contribution in [2.24, 2.45) is 11.8 Å². The monoisotopic (exact) mass is 877 g/mol. The minimum absolute atomic E-state index is 0.0637. The van der Waals surface area contributed by atoms with Crippen LogP contribution in [0.1, 0.15) is 311 Å². The van der Waals surface area contributed by atoms with E-state index in [-0.39, 0.29) is 31.1 Å². The van der Waals surface area contributed by atoms with Gasteiger partial charge in [-0.2, -0.15) is 0 Å². The molecule has 0 heterocycles. The number of rotatable bonds is 50. The maximum absolute atomic E-state index is 12.8. The van der Waals surface area contributed by atoms with Gasteiger partial charge < -0.3 is 14.2 Å². The fraction of sp³-hybridized carbons (Fsp3) is 0.946. The van der Waals surface area contributed by atoms with E-state index in [2.05, 4.69) is 34.6 Å². The first-order valence-corrected chi connectivity index (χ1v) is 27.8. The molecule has 1 unspecified atom stereocenters. The third kappa shape index (κ3) is 47.9. The summed E-state index contributed by atoms with van der Waals surface area (Å²) in [6.45, 7) is 11.4. The molecular weight excluding hydrogens is 769 g/mol. The van der Waals surface area contributed by atoms with Crippen LogP contribution >= 0.6 is 0 Å². The summed E-state index contributed by atoms with van der Waals surface area (Å²) in [5, 5.41) is 0. The van der Waals surface area contributed by atoms with E-state index in [1.807, 2.05) is 0 Å². The van der Waals surface area contributed by atoms with Crippen molar-refractivity contribution in [3.8, 4) is 0 Å². The molecule has 0 aromatic heterocycles. The first kappa shape index (κ1) is 60.4. The number of hydrogen-bond acceptors (Lipinski definition) is 6. The number of carbonyl (C=O) groups excluding carboxylic acids is 3. The minimum atomic E-state index is -0.762. The molecule has 0 saturated heterocycles. The van der Waals surface area contributed by atoms with E-state index in [4.69, 9.17) is 14.2 Å². The van der Waals surface area contributed by atoms with Crippen molar-refractivity contribution in [1.29, 1.82) is 0 Å². The fourth-order valence-electron chi connectivity index (χ4n) is 8.49. The van der Waals surface area contributed by atoms with Crippen LogP contribution < -0.4 is 0 Å². The predicted molar refractivity (Wildman–Crippen MR) is 266 cm³/mol. The van der Waals surface area contributed by atoms with Crippen molar-refractivity contribution in [1.82, 2.24) is 0 Å². The number of esters is 3. The van der Waals surface area contributed by atoms with E-state index in [0.717, 1.165) is 69.6 Å². The van der Waals surface area contributed by atoms with Gasteiger partial charge in [-0.1, -0.05) is 272 Å². The zero-order chi connectivity index (χ0) is 45.4. The Labute approximate surface area is 387 Å². The lowest BCUT2D eigenvalue weighted by molar-refractivity contribution is -0.167. The molecule has 0 aliphatic carbocycles. The molecule has 62 heavy (non-hydrogen) atoms. The van der Waals surface area contributed by atoms with Gasteiger partial charge in [0.2, 0.25) is 0 Å². The molecule has 0 aromatic carbocycles. The highest BCUT2D eigenvalue weighted by atomic mass is 16.6. The van der Waals surface area contributed by atoms with Gasteiger partial charge in [0.15, 0.2) is 6.10 Å². The second-order valence-corrected chi connectivity index (χ2v) is 19.9. The summed E-state index contributed by atoms with van der Waals surface area (Å²) < 4.78 is 16.9. The highest BCUT2D eigenvalue weighted by molar-refractivity contribution is 5.71. The summed E-state index contributed by atoms with van der Waals surface area (Å²) >= 11 is 0. The first-order chi connectivity index (χ1) is 30.3. The van der Waals surface area contributed by atoms with Crippen LogP contribution in [0.2, 0.25) is 0 Å². The summed E-state index contributed by atoms with van der Waals surface area (Å²) in [5.74, 6) is 0.833. The van der Waals surface area contributed by atoms with Crippen LogP contribution in [-0.2, 0) is 28.6 Å². The normalized spacial score (nSPS) is 12.5. The topological polar surface area (TPSA) is 78.9 Å². The van der Waals surface area contributed by atoms with Gasteiger partial charge in [-0.15, -0.1) is 0 Å². The SMILES string of the molecule is CCCCCCCCCCCCCCCCCCCCC(=O)O[C@@H](COC(=O)CCCCCCCCCCCCC(C)CC)COC(=O)CCCCCCCCCCCC(C)C. The summed E-state index contributed by atoms with van der Waals surface area (Å²) in [4.78, 5) is 38.0. The molecule has 0 amide bonds. The van der Waals surface area contributed by atoms with Gasteiger partial charge in [-0.3, -0.25) is 14.4 Å². The molecule has 0 aliphatic rings. The van der Waals surface area contributed by atoms with Crippen LogP contribution in [0.25, 0.3) is 0 Å². The van der Waals surface area contributed by atoms with Crippen LogP contribution in [0.5, 0.6) is 0 Å². The Morgan fingerprint density at radius 1 is 0.339 bits per heavy atom. The zero-order valence-electron chi connectivity index (χ0n) is 42.5. The Balaban J connectivity index is 4.30. The van der Waals surface area contributed by atoms with Crippen LogP contribution in [0, 0.1) is 11.8 Å². The van der Waals surface area contributed by atoms with Crippen molar-refractivity contribution in [2.75, 3.05) is 13.2 Å². The molecule has 0 aliphatic heterocycles. The Morgan fingerprint density at radius 3 is 0.919 bits per heavy atom. The quantitative estimate of drug-likeness (QED) is 0.0344. The number of ether oxygens (including phenoxy) is 3. The molecule has 0 saturated carbocycles. The van der Waals surface area contributed by atoms with Gasteiger partial charge in [-0.05, 0) is 31.1 Å². The van der Waals surface area contributed by atoms with E-state index in [9.17, 15) is 14.4 Å². The third-order valence-corrected chi connectivity index (χ3v) is 13.1. The lowest BCUT2D eigenvalue weighted by Crippen LogP contribution is -2.30. The average Bonchev–Trinajstić information content (AvgIpc) is 3.26. The van der Waals surface area contributed by atoms with E-state index < -0.39 is 6.10 Å². The molecule has 0 bridgehead atoms. The van der Waals surface area contributed by atoms with Gasteiger partial charge in [0.25, 0.3) is 0 Å². The summed E-state index contributed by atoms with van der Waals surface area (Å²) in [6, 6.07) is 0. The van der Waals surface area contributed by atoms with Crippen LogP contribution in [0.3, 0.4) is 0 Å². The van der Waals surface area contributed by atoms with Crippen molar-refractivity contribution in [3.63, 3.8) is 0 Å². The van der Waals surface area contributed by atoms with Crippen LogP contribution in [0.4, 0.5) is 0 Å². The van der Waals surface area contributed by atoms with Crippen molar-refractivity contribution in [2.45, 2.75) is 317 Å². The molecule has 0 fully saturated rings. The largest absolute Gasteiger partial charge is 0.462 e. The number of carbonyl (C=O) groups is 3. The molecule has 6 heteroatoms. The summed E-state index contributed by atoms with van der Waals surface area (Å²) in [7, 11) is 0. The third-order valence-electron chi connectivity index (χ3n) is 13.1. The number of unbranched alkanes of at least 4 members (excludes halogenated alkanes) is 34. The Kier molecular flexibility index (Phi) is 47.6. The average molecular weight is 877 g/mol. The Bertz CT molecular complexity index is 949. The van der Waals surface area contributed by atoms with E-state index in [1.165, 1.54) is 199 Å². The number of hydrogen-bond donors (Lipinski definition) is 0. The van der Waals surface area contributed by atoms with Crippen LogP contribution in [0.15, 0.2) is 0 Å². The summed E-state index contributed by atoms with van der Waals surface area (Å²) in [5.41, 5.74) is 0. The second-order valence-electron chi connectivity index (χ2n) is 19.9. The molecule has 0 aromatic rings. The van der Waals surface area contributed by atoms with E-state index >= 15 is 0 Å². The van der Waals surface area contributed by atoms with Gasteiger partial charge >= 0.3 is 17.9 Å². The Hall–Kier alpha value is -1.59. The second kappa shape index (κ2) is 48.9. The standard InChI is InChI=1S/C56H108O6/c1-6-8-9-10-11-12-13-14-15-16-17-18-19-20-27-33-38-43-48-56(59)62-53(50-61-55(58)47-42-37-32-28-23-24-29-34-39-44-51(3)4)49-60-54(57)46-41-36-31-26-22-21-25-30-35-40-45-52(5)7-2/h51-53H,6-50H2,1-5H3/t52?,53-/m0/s1. The molecule has 368 valence electrons. The van der Waals surface area contributed by atoms with Gasteiger partial charge in [0, 0.05) is 19.3 Å². The minimum Gasteiger partial charge on any atom is -0.462 e. The lowest BCUT2D eigenvalue weighted by atomic mass is 9.99. The Morgan fingerprint density at radius 2 is 0.613 bits per heavy atom. The highest BCUT2D eigenvalue weighted by Crippen LogP contribution is 2.18. The molecule has 0 N–H and O–H groups in total. The molecule has 0 rings (SSSR count).